The highest BCUT2D eigenvalue weighted by Crippen LogP contribution is 2.34. The van der Waals surface area contributed by atoms with Gasteiger partial charge in [0, 0.05) is 20.9 Å². The highest BCUT2D eigenvalue weighted by molar-refractivity contribution is 7.99. The maximum Gasteiger partial charge on any atom is 0.227 e. The summed E-state index contributed by atoms with van der Waals surface area (Å²) in [6.45, 7) is 8.42. The van der Waals surface area contributed by atoms with Gasteiger partial charge in [-0.15, -0.1) is 0 Å². The maximum atomic E-state index is 6.03. The van der Waals surface area contributed by atoms with Crippen molar-refractivity contribution < 1.29 is 8.83 Å². The fraction of sp³-hybridized carbons (Fsp3) is 0.133. The summed E-state index contributed by atoms with van der Waals surface area (Å²) in [5, 5.41) is 0. The molecule has 172 valence electrons. The van der Waals surface area contributed by atoms with Crippen LogP contribution in [-0.2, 0) is 0 Å². The molecule has 0 saturated carbocycles. The second-order valence-electron chi connectivity index (χ2n) is 9.00. The number of hydrogen-bond donors (Lipinski definition) is 0. The molecule has 6 aromatic rings. The second-order valence-corrected chi connectivity index (χ2v) is 10.1. The summed E-state index contributed by atoms with van der Waals surface area (Å²) in [5.74, 6) is 1.29. The molecular formula is C30H24N2O2S. The molecule has 0 unspecified atom stereocenters. The third-order valence-corrected chi connectivity index (χ3v) is 7.44. The molecule has 0 N–H and O–H groups in total. The third-order valence-electron chi connectivity index (χ3n) is 6.46. The lowest BCUT2D eigenvalue weighted by atomic mass is 10.1. The molecule has 5 heteroatoms. The Bertz CT molecular complexity index is 1600. The minimum atomic E-state index is 0.646. The van der Waals surface area contributed by atoms with Gasteiger partial charge >= 0.3 is 0 Å². The van der Waals surface area contributed by atoms with E-state index in [9.17, 15) is 0 Å². The molecule has 4 nitrogen and oxygen atoms in total. The van der Waals surface area contributed by atoms with Crippen LogP contribution in [0.1, 0.15) is 22.3 Å². The Morgan fingerprint density at radius 2 is 0.971 bits per heavy atom. The van der Waals surface area contributed by atoms with E-state index in [1.165, 1.54) is 22.3 Å². The molecule has 0 amide bonds. The highest BCUT2D eigenvalue weighted by atomic mass is 32.2. The Morgan fingerprint density at radius 3 is 1.40 bits per heavy atom. The molecular weight excluding hydrogens is 452 g/mol. The molecule has 0 fully saturated rings. The minimum Gasteiger partial charge on any atom is -0.436 e. The van der Waals surface area contributed by atoms with E-state index >= 15 is 0 Å². The molecule has 6 rings (SSSR count). The average molecular weight is 477 g/mol. The van der Waals surface area contributed by atoms with Crippen molar-refractivity contribution in [3.05, 3.63) is 95.1 Å². The zero-order chi connectivity index (χ0) is 24.1. The van der Waals surface area contributed by atoms with Gasteiger partial charge in [0.1, 0.15) is 11.0 Å². The summed E-state index contributed by atoms with van der Waals surface area (Å²) in [6, 6.07) is 24.8. The number of rotatable bonds is 4. The molecule has 4 aromatic carbocycles. The van der Waals surface area contributed by atoms with E-state index in [4.69, 9.17) is 18.8 Å². The summed E-state index contributed by atoms with van der Waals surface area (Å²) >= 11 is 1.67. The summed E-state index contributed by atoms with van der Waals surface area (Å²) in [5.41, 5.74) is 10.2. The van der Waals surface area contributed by atoms with Gasteiger partial charge in [0.15, 0.2) is 11.2 Å². The van der Waals surface area contributed by atoms with E-state index in [2.05, 4.69) is 88.4 Å². The predicted molar refractivity (Wildman–Crippen MR) is 142 cm³/mol. The molecule has 0 aliphatic rings. The van der Waals surface area contributed by atoms with Gasteiger partial charge in [-0.1, -0.05) is 23.9 Å². The zero-order valence-electron chi connectivity index (χ0n) is 20.0. The second kappa shape index (κ2) is 8.43. The molecule has 0 aliphatic carbocycles. The Morgan fingerprint density at radius 1 is 0.514 bits per heavy atom. The summed E-state index contributed by atoms with van der Waals surface area (Å²) < 4.78 is 12.1. The molecule has 2 heterocycles. The van der Waals surface area contributed by atoms with E-state index in [-0.39, 0.29) is 0 Å². The topological polar surface area (TPSA) is 52.1 Å². The molecule has 0 atom stereocenters. The number of benzene rings is 4. The van der Waals surface area contributed by atoms with Crippen LogP contribution < -0.4 is 0 Å². The Kier molecular flexibility index (Phi) is 5.23. The lowest BCUT2D eigenvalue weighted by Gasteiger charge is -2.01. The van der Waals surface area contributed by atoms with Crippen molar-refractivity contribution in [2.24, 2.45) is 0 Å². The first-order chi connectivity index (χ1) is 16.9. The smallest absolute Gasteiger partial charge is 0.227 e. The fourth-order valence-electron chi connectivity index (χ4n) is 4.07. The molecule has 2 aromatic heterocycles. The van der Waals surface area contributed by atoms with E-state index in [0.717, 1.165) is 43.1 Å². The van der Waals surface area contributed by atoms with Crippen LogP contribution >= 0.6 is 11.8 Å². The monoisotopic (exact) mass is 476 g/mol. The van der Waals surface area contributed by atoms with Crippen LogP contribution in [-0.4, -0.2) is 9.97 Å². The maximum absolute atomic E-state index is 6.03. The number of aromatic nitrogens is 2. The first-order valence-electron chi connectivity index (χ1n) is 11.6. The van der Waals surface area contributed by atoms with Crippen LogP contribution in [0.5, 0.6) is 0 Å². The predicted octanol–water partition coefficient (Wildman–Crippen LogP) is 8.69. The van der Waals surface area contributed by atoms with Crippen molar-refractivity contribution in [2.75, 3.05) is 0 Å². The van der Waals surface area contributed by atoms with Gasteiger partial charge in [0.25, 0.3) is 0 Å². The van der Waals surface area contributed by atoms with Crippen molar-refractivity contribution in [3.63, 3.8) is 0 Å². The number of fused-ring (bicyclic) bond motifs is 2. The van der Waals surface area contributed by atoms with Crippen molar-refractivity contribution in [1.82, 2.24) is 9.97 Å². The molecule has 0 spiro atoms. The first kappa shape index (κ1) is 21.7. The van der Waals surface area contributed by atoms with Crippen LogP contribution in [0.2, 0.25) is 0 Å². The standard InChI is InChI=1S/C30H24N2O2S/c1-17-5-7-21(13-19(17)3)29-31-25-15-23(9-11-27(25)33-29)35-24-10-12-28-26(16-24)32-30(34-28)22-8-6-18(2)20(4)14-22/h5-16H,1-4H3. The van der Waals surface area contributed by atoms with Crippen LogP contribution in [0.3, 0.4) is 0 Å². The first-order valence-corrected chi connectivity index (χ1v) is 12.4. The fourth-order valence-corrected chi connectivity index (χ4v) is 4.96. The lowest BCUT2D eigenvalue weighted by Crippen LogP contribution is -1.83. The quantitative estimate of drug-likeness (QED) is 0.255. The molecule has 0 bridgehead atoms. The van der Waals surface area contributed by atoms with Gasteiger partial charge in [-0.2, -0.15) is 0 Å². The largest absolute Gasteiger partial charge is 0.436 e. The van der Waals surface area contributed by atoms with Crippen LogP contribution in [0.4, 0.5) is 0 Å². The summed E-state index contributed by atoms with van der Waals surface area (Å²) in [7, 11) is 0. The third kappa shape index (κ3) is 4.13. The van der Waals surface area contributed by atoms with Crippen molar-refractivity contribution in [1.29, 1.82) is 0 Å². The minimum absolute atomic E-state index is 0.646. The molecule has 0 aliphatic heterocycles. The number of aryl methyl sites for hydroxylation is 4. The molecule has 0 radical (unpaired) electrons. The van der Waals surface area contributed by atoms with E-state index < -0.39 is 0 Å². The van der Waals surface area contributed by atoms with Crippen molar-refractivity contribution in [2.45, 2.75) is 37.5 Å². The average Bonchev–Trinajstić information content (AvgIpc) is 3.46. The SMILES string of the molecule is Cc1ccc(-c2nc3cc(Sc4ccc5oc(-c6ccc(C)c(C)c6)nc5c4)ccc3o2)cc1C. The van der Waals surface area contributed by atoms with Crippen molar-refractivity contribution in [3.8, 4) is 22.9 Å². The van der Waals surface area contributed by atoms with Gasteiger partial charge in [0.2, 0.25) is 11.8 Å². The van der Waals surface area contributed by atoms with Gasteiger partial charge < -0.3 is 8.83 Å². The Labute approximate surface area is 208 Å². The van der Waals surface area contributed by atoms with Gasteiger partial charge in [0.05, 0.1) is 0 Å². The number of nitrogens with zero attached hydrogens (tertiary/aromatic N) is 2. The number of hydrogen-bond acceptors (Lipinski definition) is 5. The molecule has 35 heavy (non-hydrogen) atoms. The summed E-state index contributed by atoms with van der Waals surface area (Å²) in [4.78, 5) is 11.7. The van der Waals surface area contributed by atoms with Crippen LogP contribution in [0.25, 0.3) is 45.1 Å². The normalized spacial score (nSPS) is 11.5. The van der Waals surface area contributed by atoms with Crippen LogP contribution in [0, 0.1) is 27.7 Å². The zero-order valence-corrected chi connectivity index (χ0v) is 20.9. The van der Waals surface area contributed by atoms with Gasteiger partial charge in [-0.3, -0.25) is 0 Å². The lowest BCUT2D eigenvalue weighted by molar-refractivity contribution is 0.619. The summed E-state index contributed by atoms with van der Waals surface area (Å²) in [6.07, 6.45) is 0. The van der Waals surface area contributed by atoms with E-state index in [1.54, 1.807) is 11.8 Å². The van der Waals surface area contributed by atoms with E-state index in [0.29, 0.717) is 11.8 Å². The Hall–Kier alpha value is -3.83. The van der Waals surface area contributed by atoms with Crippen molar-refractivity contribution >= 4 is 34.0 Å². The van der Waals surface area contributed by atoms with Gasteiger partial charge in [-0.05, 0) is 111 Å². The van der Waals surface area contributed by atoms with E-state index in [1.807, 2.05) is 12.1 Å². The van der Waals surface area contributed by atoms with Crippen LogP contribution in [0.15, 0.2) is 91.4 Å². The van der Waals surface area contributed by atoms with Gasteiger partial charge in [-0.25, -0.2) is 9.97 Å². The molecule has 0 saturated heterocycles. The number of oxazole rings is 2. The Balaban J connectivity index is 1.28. The highest BCUT2D eigenvalue weighted by Gasteiger charge is 2.12.